The fourth-order valence-electron chi connectivity index (χ4n) is 4.10. The van der Waals surface area contributed by atoms with Crippen molar-refractivity contribution in [3.8, 4) is 0 Å². The predicted molar refractivity (Wildman–Crippen MR) is 103 cm³/mol. The largest absolute Gasteiger partial charge is 0.378 e. The van der Waals surface area contributed by atoms with Crippen molar-refractivity contribution >= 4 is 11.6 Å². The fourth-order valence-corrected chi connectivity index (χ4v) is 4.10. The maximum atomic E-state index is 13.0. The van der Waals surface area contributed by atoms with E-state index in [2.05, 4.69) is 37.5 Å². The van der Waals surface area contributed by atoms with E-state index in [9.17, 15) is 9.59 Å². The van der Waals surface area contributed by atoms with E-state index in [0.29, 0.717) is 18.8 Å². The molecule has 1 fully saturated rings. The van der Waals surface area contributed by atoms with Crippen LogP contribution in [0.15, 0.2) is 24.4 Å². The molecule has 1 aromatic carbocycles. The molecule has 1 aromatic rings. The topological polar surface area (TPSA) is 37.4 Å². The van der Waals surface area contributed by atoms with Crippen molar-refractivity contribution in [2.24, 2.45) is 11.8 Å². The van der Waals surface area contributed by atoms with E-state index in [4.69, 9.17) is 0 Å². The number of hydrogen-bond donors (Lipinski definition) is 0. The van der Waals surface area contributed by atoms with Crippen LogP contribution in [0.25, 0.3) is 0 Å². The summed E-state index contributed by atoms with van der Waals surface area (Å²) in [4.78, 5) is 27.8. The predicted octanol–water partition coefficient (Wildman–Crippen LogP) is 4.35. The SMILES string of the molecule is C=C(CC1CC(=O)C(c2c(C)cc(C)cc2C)C1=O)N(C)CC(C)C. The third kappa shape index (κ3) is 4.20. The second-order valence-corrected chi connectivity index (χ2v) is 8.06. The molecule has 136 valence electrons. The third-order valence-electron chi connectivity index (χ3n) is 5.14. The number of nitrogens with zero attached hydrogens (tertiary/aromatic N) is 1. The zero-order chi connectivity index (χ0) is 18.9. The molecule has 1 aliphatic rings. The van der Waals surface area contributed by atoms with Crippen molar-refractivity contribution in [3.05, 3.63) is 46.7 Å². The first-order chi connectivity index (χ1) is 11.6. The lowest BCUT2D eigenvalue weighted by Crippen LogP contribution is -2.25. The first-order valence-electron chi connectivity index (χ1n) is 9.14. The summed E-state index contributed by atoms with van der Waals surface area (Å²) < 4.78 is 0. The number of ketones is 2. The summed E-state index contributed by atoms with van der Waals surface area (Å²) >= 11 is 0. The van der Waals surface area contributed by atoms with Crippen LogP contribution in [0.4, 0.5) is 0 Å². The van der Waals surface area contributed by atoms with Gasteiger partial charge in [-0.15, -0.1) is 0 Å². The monoisotopic (exact) mass is 341 g/mol. The van der Waals surface area contributed by atoms with Crippen molar-refractivity contribution in [2.75, 3.05) is 13.6 Å². The molecule has 0 aromatic heterocycles. The molecule has 1 aliphatic carbocycles. The van der Waals surface area contributed by atoms with Crippen molar-refractivity contribution in [1.29, 1.82) is 0 Å². The highest BCUT2D eigenvalue weighted by atomic mass is 16.2. The number of allylic oxidation sites excluding steroid dienone is 1. The van der Waals surface area contributed by atoms with Gasteiger partial charge in [0.2, 0.25) is 0 Å². The Hall–Kier alpha value is -1.90. The van der Waals surface area contributed by atoms with Crippen LogP contribution in [0.1, 0.15) is 54.9 Å². The van der Waals surface area contributed by atoms with Gasteiger partial charge in [-0.3, -0.25) is 9.59 Å². The number of carbonyl (C=O) groups is 2. The molecule has 0 spiro atoms. The summed E-state index contributed by atoms with van der Waals surface area (Å²) in [7, 11) is 2.01. The molecule has 0 bridgehead atoms. The van der Waals surface area contributed by atoms with Gasteiger partial charge in [0.05, 0.1) is 0 Å². The highest BCUT2D eigenvalue weighted by molar-refractivity contribution is 6.15. The van der Waals surface area contributed by atoms with Gasteiger partial charge >= 0.3 is 0 Å². The first-order valence-corrected chi connectivity index (χ1v) is 9.14. The minimum absolute atomic E-state index is 0.0596. The lowest BCUT2D eigenvalue weighted by atomic mass is 9.86. The van der Waals surface area contributed by atoms with Crippen LogP contribution in [0.2, 0.25) is 0 Å². The van der Waals surface area contributed by atoms with Gasteiger partial charge in [-0.25, -0.2) is 0 Å². The summed E-state index contributed by atoms with van der Waals surface area (Å²) in [6.07, 6.45) is 0.916. The highest BCUT2D eigenvalue weighted by Gasteiger charge is 2.43. The summed E-state index contributed by atoms with van der Waals surface area (Å²) in [6.45, 7) is 15.4. The maximum Gasteiger partial charge on any atom is 0.151 e. The molecule has 25 heavy (non-hydrogen) atoms. The molecule has 0 radical (unpaired) electrons. The first kappa shape index (κ1) is 19.4. The number of rotatable bonds is 6. The zero-order valence-electron chi connectivity index (χ0n) is 16.5. The summed E-state index contributed by atoms with van der Waals surface area (Å²) in [6, 6.07) is 4.12. The van der Waals surface area contributed by atoms with Crippen molar-refractivity contribution in [2.45, 2.75) is 53.4 Å². The van der Waals surface area contributed by atoms with E-state index in [1.165, 1.54) is 0 Å². The number of carbonyl (C=O) groups excluding carboxylic acids is 2. The van der Waals surface area contributed by atoms with E-state index in [1.807, 2.05) is 27.8 Å². The third-order valence-corrected chi connectivity index (χ3v) is 5.14. The molecule has 0 saturated heterocycles. The number of hydrogen-bond acceptors (Lipinski definition) is 3. The van der Waals surface area contributed by atoms with Crippen LogP contribution < -0.4 is 0 Å². The van der Waals surface area contributed by atoms with E-state index in [-0.39, 0.29) is 17.5 Å². The second-order valence-electron chi connectivity index (χ2n) is 8.06. The van der Waals surface area contributed by atoms with Gasteiger partial charge in [0.1, 0.15) is 11.7 Å². The van der Waals surface area contributed by atoms with Gasteiger partial charge in [-0.1, -0.05) is 38.1 Å². The molecule has 3 heteroatoms. The highest BCUT2D eigenvalue weighted by Crippen LogP contribution is 2.38. The Bertz CT molecular complexity index is 679. The molecular formula is C22H31NO2. The maximum absolute atomic E-state index is 13.0. The van der Waals surface area contributed by atoms with Gasteiger partial charge in [0.25, 0.3) is 0 Å². The van der Waals surface area contributed by atoms with Gasteiger partial charge < -0.3 is 4.90 Å². The number of Topliss-reactive ketones (excluding diaryl/α,β-unsaturated/α-hetero) is 2. The molecule has 2 unspecified atom stereocenters. The van der Waals surface area contributed by atoms with Crippen LogP contribution in [-0.2, 0) is 9.59 Å². The number of aryl methyl sites for hydroxylation is 3. The Morgan fingerprint density at radius 3 is 2.28 bits per heavy atom. The van der Waals surface area contributed by atoms with E-state index in [1.54, 1.807) is 0 Å². The van der Waals surface area contributed by atoms with Gasteiger partial charge in [0, 0.05) is 31.6 Å². The molecule has 0 heterocycles. The lowest BCUT2D eigenvalue weighted by Gasteiger charge is -2.25. The fraction of sp³-hybridized carbons (Fsp3) is 0.545. The van der Waals surface area contributed by atoms with Crippen LogP contribution in [0.5, 0.6) is 0 Å². The Morgan fingerprint density at radius 1 is 1.20 bits per heavy atom. The lowest BCUT2D eigenvalue weighted by molar-refractivity contribution is -0.124. The van der Waals surface area contributed by atoms with Crippen molar-refractivity contribution in [3.63, 3.8) is 0 Å². The Balaban J connectivity index is 2.19. The van der Waals surface area contributed by atoms with Crippen molar-refractivity contribution < 1.29 is 9.59 Å². The number of benzene rings is 1. The molecule has 1 saturated carbocycles. The second kappa shape index (κ2) is 7.55. The van der Waals surface area contributed by atoms with Gasteiger partial charge in [-0.05, 0) is 49.8 Å². The standard InChI is InChI=1S/C22H31NO2/c1-13(2)12-23(7)17(6)10-18-11-19(24)21(22(18)25)20-15(4)8-14(3)9-16(20)5/h8-9,13,18,21H,6,10-12H2,1-5,7H3. The average molecular weight is 341 g/mol. The Morgan fingerprint density at radius 2 is 1.76 bits per heavy atom. The smallest absolute Gasteiger partial charge is 0.151 e. The molecule has 2 atom stereocenters. The van der Waals surface area contributed by atoms with Crippen LogP contribution in [0.3, 0.4) is 0 Å². The van der Waals surface area contributed by atoms with Crippen LogP contribution in [-0.4, -0.2) is 30.1 Å². The Labute approximate surface area is 152 Å². The zero-order valence-corrected chi connectivity index (χ0v) is 16.5. The normalized spacial score (nSPS) is 20.4. The minimum atomic E-state index is -0.589. The van der Waals surface area contributed by atoms with Gasteiger partial charge in [-0.2, -0.15) is 0 Å². The quantitative estimate of drug-likeness (QED) is 0.722. The molecule has 2 rings (SSSR count). The molecule has 0 amide bonds. The van der Waals surface area contributed by atoms with E-state index in [0.717, 1.165) is 34.5 Å². The van der Waals surface area contributed by atoms with E-state index >= 15 is 0 Å². The van der Waals surface area contributed by atoms with Crippen LogP contribution >= 0.6 is 0 Å². The van der Waals surface area contributed by atoms with Crippen molar-refractivity contribution in [1.82, 2.24) is 4.90 Å². The average Bonchev–Trinajstić information content (AvgIpc) is 2.73. The molecule has 3 nitrogen and oxygen atoms in total. The molecule has 0 N–H and O–H groups in total. The minimum Gasteiger partial charge on any atom is -0.378 e. The van der Waals surface area contributed by atoms with E-state index < -0.39 is 5.92 Å². The molecular weight excluding hydrogens is 310 g/mol. The molecule has 0 aliphatic heterocycles. The summed E-state index contributed by atoms with van der Waals surface area (Å²) in [5, 5.41) is 0. The Kier molecular flexibility index (Phi) is 5.87. The summed E-state index contributed by atoms with van der Waals surface area (Å²) in [5.41, 5.74) is 5.11. The van der Waals surface area contributed by atoms with Gasteiger partial charge in [0.15, 0.2) is 5.78 Å². The van der Waals surface area contributed by atoms with Crippen LogP contribution in [0, 0.1) is 32.6 Å². The summed E-state index contributed by atoms with van der Waals surface area (Å²) in [5.74, 6) is -0.162.